The third-order valence-electron chi connectivity index (χ3n) is 3.54. The number of hydrogen-bond acceptors (Lipinski definition) is 3. The fraction of sp³-hybridized carbons (Fsp3) is 0.571. The number of aliphatic hydroxyl groups excluding tert-OH is 1. The van der Waals surface area contributed by atoms with Gasteiger partial charge in [0.15, 0.2) is 0 Å². The average Bonchev–Trinajstić information content (AvgIpc) is 2.31. The molecule has 1 fully saturated rings. The van der Waals surface area contributed by atoms with Crippen LogP contribution in [0.4, 0.5) is 5.69 Å². The van der Waals surface area contributed by atoms with Gasteiger partial charge in [-0.2, -0.15) is 0 Å². The molecule has 0 atom stereocenters. The quantitative estimate of drug-likeness (QED) is 0.857. The number of hydrogen-bond donors (Lipinski definition) is 1. The normalized spacial score (nSPS) is 17.5. The fourth-order valence-electron chi connectivity index (χ4n) is 2.64. The van der Waals surface area contributed by atoms with Crippen molar-refractivity contribution in [1.82, 2.24) is 4.90 Å². The van der Waals surface area contributed by atoms with Gasteiger partial charge in [-0.1, -0.05) is 18.2 Å². The molecular weight excluding hydrogens is 212 g/mol. The molecule has 0 spiro atoms. The molecule has 94 valence electrons. The molecule has 1 aliphatic heterocycles. The van der Waals surface area contributed by atoms with Gasteiger partial charge in [-0.3, -0.25) is 4.90 Å². The van der Waals surface area contributed by atoms with Gasteiger partial charge in [0.2, 0.25) is 0 Å². The van der Waals surface area contributed by atoms with E-state index in [0.717, 1.165) is 32.7 Å². The molecule has 0 aliphatic carbocycles. The smallest absolute Gasteiger partial charge is 0.0558 e. The predicted molar refractivity (Wildman–Crippen MR) is 71.7 cm³/mol. The van der Waals surface area contributed by atoms with Gasteiger partial charge in [-0.15, -0.1) is 0 Å². The molecule has 0 radical (unpaired) electrons. The second-order valence-corrected chi connectivity index (χ2v) is 4.79. The molecule has 1 aromatic carbocycles. The second kappa shape index (κ2) is 5.52. The zero-order valence-corrected chi connectivity index (χ0v) is 10.8. The molecule has 1 saturated heterocycles. The van der Waals surface area contributed by atoms with Gasteiger partial charge in [0.25, 0.3) is 0 Å². The van der Waals surface area contributed by atoms with Crippen LogP contribution >= 0.6 is 0 Å². The summed E-state index contributed by atoms with van der Waals surface area (Å²) < 4.78 is 0. The molecule has 0 aromatic heterocycles. The van der Waals surface area contributed by atoms with Crippen molar-refractivity contribution >= 4 is 5.69 Å². The first-order valence-electron chi connectivity index (χ1n) is 6.36. The maximum absolute atomic E-state index is 8.93. The number of benzene rings is 1. The number of anilines is 1. The van der Waals surface area contributed by atoms with Crippen molar-refractivity contribution in [2.45, 2.75) is 13.8 Å². The molecule has 0 bridgehead atoms. The number of piperazine rings is 1. The van der Waals surface area contributed by atoms with E-state index in [1.54, 1.807) is 0 Å². The van der Waals surface area contributed by atoms with Crippen LogP contribution in [0.15, 0.2) is 18.2 Å². The van der Waals surface area contributed by atoms with Crippen molar-refractivity contribution in [3.63, 3.8) is 0 Å². The summed E-state index contributed by atoms with van der Waals surface area (Å²) in [6.07, 6.45) is 0. The molecule has 1 N–H and O–H groups in total. The van der Waals surface area contributed by atoms with E-state index in [1.807, 2.05) is 0 Å². The van der Waals surface area contributed by atoms with Crippen LogP contribution in [0.3, 0.4) is 0 Å². The molecule has 3 heteroatoms. The van der Waals surface area contributed by atoms with Crippen LogP contribution in [-0.2, 0) is 0 Å². The predicted octanol–water partition coefficient (Wildman–Crippen LogP) is 1.42. The molecule has 0 saturated carbocycles. The molecule has 2 rings (SSSR count). The third kappa shape index (κ3) is 2.79. The minimum Gasteiger partial charge on any atom is -0.395 e. The van der Waals surface area contributed by atoms with Gasteiger partial charge in [-0.25, -0.2) is 0 Å². The van der Waals surface area contributed by atoms with Crippen molar-refractivity contribution in [2.75, 3.05) is 44.2 Å². The van der Waals surface area contributed by atoms with Crippen LogP contribution in [0.5, 0.6) is 0 Å². The fourth-order valence-corrected chi connectivity index (χ4v) is 2.64. The monoisotopic (exact) mass is 234 g/mol. The Morgan fingerprint density at radius 2 is 1.65 bits per heavy atom. The third-order valence-corrected chi connectivity index (χ3v) is 3.54. The Bertz CT molecular complexity index is 350. The van der Waals surface area contributed by atoms with Gasteiger partial charge in [0.1, 0.15) is 0 Å². The largest absolute Gasteiger partial charge is 0.395 e. The van der Waals surface area contributed by atoms with E-state index < -0.39 is 0 Å². The maximum atomic E-state index is 8.93. The minimum atomic E-state index is 0.267. The lowest BCUT2D eigenvalue weighted by atomic mass is 10.1. The van der Waals surface area contributed by atoms with Gasteiger partial charge >= 0.3 is 0 Å². The van der Waals surface area contributed by atoms with Crippen molar-refractivity contribution in [2.24, 2.45) is 0 Å². The highest BCUT2D eigenvalue weighted by molar-refractivity contribution is 5.59. The number of rotatable bonds is 3. The Morgan fingerprint density at radius 1 is 1.06 bits per heavy atom. The summed E-state index contributed by atoms with van der Waals surface area (Å²) >= 11 is 0. The highest BCUT2D eigenvalue weighted by Gasteiger charge is 2.18. The maximum Gasteiger partial charge on any atom is 0.0558 e. The van der Waals surface area contributed by atoms with Gasteiger partial charge < -0.3 is 10.0 Å². The van der Waals surface area contributed by atoms with E-state index in [0.29, 0.717) is 0 Å². The summed E-state index contributed by atoms with van der Waals surface area (Å²) in [7, 11) is 0. The zero-order chi connectivity index (χ0) is 12.3. The Labute approximate surface area is 104 Å². The number of nitrogens with zero attached hydrogens (tertiary/aromatic N) is 2. The summed E-state index contributed by atoms with van der Waals surface area (Å²) in [6, 6.07) is 6.49. The first-order chi connectivity index (χ1) is 8.22. The summed E-state index contributed by atoms with van der Waals surface area (Å²) in [5, 5.41) is 8.93. The standard InChI is InChI=1S/C14H22N2O/c1-12-4-3-5-13(2)14(12)16-8-6-15(7-9-16)10-11-17/h3-5,17H,6-11H2,1-2H3. The lowest BCUT2D eigenvalue weighted by Gasteiger charge is -2.37. The molecule has 3 nitrogen and oxygen atoms in total. The van der Waals surface area contributed by atoms with Crippen LogP contribution in [0.2, 0.25) is 0 Å². The van der Waals surface area contributed by atoms with E-state index in [4.69, 9.17) is 5.11 Å². The second-order valence-electron chi connectivity index (χ2n) is 4.79. The minimum absolute atomic E-state index is 0.267. The van der Waals surface area contributed by atoms with Crippen LogP contribution in [0, 0.1) is 13.8 Å². The number of β-amino-alcohol motifs (C(OH)–C–C–N with tert-alkyl or cyclic N) is 1. The number of aryl methyl sites for hydroxylation is 2. The molecule has 1 aromatic rings. The average molecular weight is 234 g/mol. The molecule has 1 heterocycles. The van der Waals surface area contributed by atoms with E-state index in [9.17, 15) is 0 Å². The Kier molecular flexibility index (Phi) is 4.02. The highest BCUT2D eigenvalue weighted by Crippen LogP contribution is 2.25. The van der Waals surface area contributed by atoms with Gasteiger partial charge in [0.05, 0.1) is 6.61 Å². The van der Waals surface area contributed by atoms with Crippen LogP contribution in [-0.4, -0.2) is 49.3 Å². The van der Waals surface area contributed by atoms with E-state index in [2.05, 4.69) is 41.8 Å². The highest BCUT2D eigenvalue weighted by atomic mass is 16.3. The van der Waals surface area contributed by atoms with Gasteiger partial charge in [0, 0.05) is 38.4 Å². The van der Waals surface area contributed by atoms with E-state index in [-0.39, 0.29) is 6.61 Å². The van der Waals surface area contributed by atoms with E-state index >= 15 is 0 Å². The van der Waals surface area contributed by atoms with E-state index in [1.165, 1.54) is 16.8 Å². The molecule has 1 aliphatic rings. The topological polar surface area (TPSA) is 26.7 Å². The van der Waals surface area contributed by atoms with Crippen molar-refractivity contribution in [1.29, 1.82) is 0 Å². The van der Waals surface area contributed by atoms with Crippen molar-refractivity contribution in [3.05, 3.63) is 29.3 Å². The van der Waals surface area contributed by atoms with Crippen LogP contribution in [0.25, 0.3) is 0 Å². The Hall–Kier alpha value is -1.06. The van der Waals surface area contributed by atoms with Crippen molar-refractivity contribution < 1.29 is 5.11 Å². The number of para-hydroxylation sites is 1. The summed E-state index contributed by atoms with van der Waals surface area (Å²) in [5.41, 5.74) is 4.12. The van der Waals surface area contributed by atoms with Crippen LogP contribution in [0.1, 0.15) is 11.1 Å². The Morgan fingerprint density at radius 3 is 2.18 bits per heavy atom. The summed E-state index contributed by atoms with van der Waals surface area (Å²) in [4.78, 5) is 4.79. The summed E-state index contributed by atoms with van der Waals surface area (Å²) in [5.74, 6) is 0. The molecule has 0 amide bonds. The van der Waals surface area contributed by atoms with Gasteiger partial charge in [-0.05, 0) is 25.0 Å². The number of aliphatic hydroxyl groups is 1. The Balaban J connectivity index is 2.05. The molecule has 17 heavy (non-hydrogen) atoms. The first kappa shape index (κ1) is 12.4. The lowest BCUT2D eigenvalue weighted by Crippen LogP contribution is -2.47. The van der Waals surface area contributed by atoms with Crippen LogP contribution < -0.4 is 4.90 Å². The molecule has 0 unspecified atom stereocenters. The zero-order valence-electron chi connectivity index (χ0n) is 10.8. The first-order valence-corrected chi connectivity index (χ1v) is 6.36. The van der Waals surface area contributed by atoms with Crippen molar-refractivity contribution in [3.8, 4) is 0 Å². The SMILES string of the molecule is Cc1cccc(C)c1N1CCN(CCO)CC1. The summed E-state index contributed by atoms with van der Waals surface area (Å²) in [6.45, 7) is 9.66. The lowest BCUT2D eigenvalue weighted by molar-refractivity contribution is 0.188. The molecular formula is C14H22N2O.